The molecule has 2 aromatic heterocycles. The molecule has 0 fully saturated rings. The van der Waals surface area contributed by atoms with Crippen LogP contribution in [0.3, 0.4) is 0 Å². The van der Waals surface area contributed by atoms with Crippen molar-refractivity contribution in [3.63, 3.8) is 0 Å². The van der Waals surface area contributed by atoms with E-state index in [4.69, 9.17) is 8.83 Å². The van der Waals surface area contributed by atoms with Crippen molar-refractivity contribution >= 4 is 82.5 Å². The van der Waals surface area contributed by atoms with Gasteiger partial charge in [0.05, 0.1) is 11.1 Å². The first-order chi connectivity index (χ1) is 29.2. The molecule has 12 rings (SSSR count). The molecule has 3 heteroatoms. The second-order valence-electron chi connectivity index (χ2n) is 15.3. The van der Waals surface area contributed by atoms with Gasteiger partial charge in [0.2, 0.25) is 0 Å². The van der Waals surface area contributed by atoms with Crippen LogP contribution in [0, 0.1) is 0 Å². The zero-order valence-corrected chi connectivity index (χ0v) is 32.0. The molecular weight excluding hydrogens is 719 g/mol. The van der Waals surface area contributed by atoms with Gasteiger partial charge in [0.15, 0.2) is 0 Å². The van der Waals surface area contributed by atoms with E-state index in [-0.39, 0.29) is 0 Å². The number of hydrogen-bond acceptors (Lipinski definition) is 3. The number of rotatable bonds is 6. The third-order valence-corrected chi connectivity index (χ3v) is 11.8. The highest BCUT2D eigenvalue weighted by Gasteiger charge is 2.21. The van der Waals surface area contributed by atoms with Gasteiger partial charge in [-0.1, -0.05) is 146 Å². The van der Waals surface area contributed by atoms with Gasteiger partial charge in [0.1, 0.15) is 22.3 Å². The van der Waals surface area contributed by atoms with E-state index in [9.17, 15) is 0 Å². The van der Waals surface area contributed by atoms with Crippen LogP contribution in [-0.4, -0.2) is 0 Å². The fourth-order valence-corrected chi connectivity index (χ4v) is 9.03. The van der Waals surface area contributed by atoms with Crippen LogP contribution in [0.15, 0.2) is 221 Å². The van der Waals surface area contributed by atoms with Crippen LogP contribution in [0.5, 0.6) is 0 Å². The van der Waals surface area contributed by atoms with Crippen LogP contribution in [-0.2, 0) is 0 Å². The minimum Gasteiger partial charge on any atom is -0.456 e. The Morgan fingerprint density at radius 1 is 0.305 bits per heavy atom. The van der Waals surface area contributed by atoms with Crippen LogP contribution in [0.25, 0.3) is 98.8 Å². The van der Waals surface area contributed by atoms with E-state index in [1.165, 1.54) is 27.5 Å². The average molecular weight is 754 g/mol. The maximum Gasteiger partial charge on any atom is 0.143 e. The third-order valence-electron chi connectivity index (χ3n) is 11.8. The molecule has 0 bridgehead atoms. The van der Waals surface area contributed by atoms with Gasteiger partial charge in [-0.05, 0) is 116 Å². The summed E-state index contributed by atoms with van der Waals surface area (Å²) in [5.41, 5.74) is 13.6. The summed E-state index contributed by atoms with van der Waals surface area (Å²) in [6.45, 7) is 0. The zero-order valence-electron chi connectivity index (χ0n) is 32.0. The SMILES string of the molecule is c1cc(-c2ccc(N(c3cccc(-c4ccc5c(c4)oc4ccccc45)c3)c3cccc4oc5c6ccccc6ccc5c34)cc2)cc(-c2cccc3ccccc23)c1. The maximum absolute atomic E-state index is 6.70. The van der Waals surface area contributed by atoms with Crippen molar-refractivity contribution < 1.29 is 8.83 Å². The van der Waals surface area contributed by atoms with E-state index in [1.54, 1.807) is 0 Å². The molecule has 0 spiro atoms. The number of anilines is 3. The summed E-state index contributed by atoms with van der Waals surface area (Å²) in [5.74, 6) is 0. The summed E-state index contributed by atoms with van der Waals surface area (Å²) < 4.78 is 13.0. The molecule has 0 N–H and O–H groups in total. The number of hydrogen-bond donors (Lipinski definition) is 0. The third kappa shape index (κ3) is 5.51. The van der Waals surface area contributed by atoms with E-state index in [1.807, 2.05) is 12.1 Å². The van der Waals surface area contributed by atoms with E-state index in [2.05, 4.69) is 205 Å². The Labute approximate surface area is 340 Å². The molecule has 59 heavy (non-hydrogen) atoms. The first-order valence-corrected chi connectivity index (χ1v) is 20.1. The molecule has 0 radical (unpaired) electrons. The minimum absolute atomic E-state index is 0.854. The van der Waals surface area contributed by atoms with Crippen LogP contribution in [0.1, 0.15) is 0 Å². The first-order valence-electron chi connectivity index (χ1n) is 20.1. The zero-order chi connectivity index (χ0) is 38.9. The lowest BCUT2D eigenvalue weighted by atomic mass is 9.95. The topological polar surface area (TPSA) is 29.5 Å². The molecule has 0 atom stereocenters. The molecule has 3 nitrogen and oxygen atoms in total. The van der Waals surface area contributed by atoms with Crippen molar-refractivity contribution in [2.45, 2.75) is 0 Å². The van der Waals surface area contributed by atoms with Crippen LogP contribution in [0.2, 0.25) is 0 Å². The molecule has 0 aliphatic rings. The van der Waals surface area contributed by atoms with Gasteiger partial charge in [-0.3, -0.25) is 0 Å². The van der Waals surface area contributed by atoms with Crippen molar-refractivity contribution in [2.24, 2.45) is 0 Å². The molecule has 0 saturated carbocycles. The minimum atomic E-state index is 0.854. The van der Waals surface area contributed by atoms with E-state index < -0.39 is 0 Å². The lowest BCUT2D eigenvalue weighted by Gasteiger charge is -2.27. The predicted octanol–water partition coefficient (Wildman–Crippen LogP) is 16.3. The Kier molecular flexibility index (Phi) is 7.54. The van der Waals surface area contributed by atoms with Gasteiger partial charge in [-0.15, -0.1) is 0 Å². The largest absolute Gasteiger partial charge is 0.456 e. The first kappa shape index (κ1) is 33.3. The average Bonchev–Trinajstić information content (AvgIpc) is 3.88. The summed E-state index contributed by atoms with van der Waals surface area (Å²) in [6.07, 6.45) is 0. The number of nitrogens with zero attached hydrogens (tertiary/aromatic N) is 1. The van der Waals surface area contributed by atoms with E-state index >= 15 is 0 Å². The smallest absolute Gasteiger partial charge is 0.143 e. The second-order valence-corrected chi connectivity index (χ2v) is 15.3. The molecule has 12 aromatic rings. The summed E-state index contributed by atoms with van der Waals surface area (Å²) in [5, 5.41) is 9.19. The second kappa shape index (κ2) is 13.4. The predicted molar refractivity (Wildman–Crippen MR) is 247 cm³/mol. The Bertz CT molecular complexity index is 3570. The van der Waals surface area contributed by atoms with Gasteiger partial charge in [0.25, 0.3) is 0 Å². The Morgan fingerprint density at radius 2 is 0.915 bits per heavy atom. The lowest BCUT2D eigenvalue weighted by molar-refractivity contribution is 0.669. The van der Waals surface area contributed by atoms with Gasteiger partial charge >= 0.3 is 0 Å². The number of para-hydroxylation sites is 1. The van der Waals surface area contributed by atoms with Crippen molar-refractivity contribution in [3.8, 4) is 33.4 Å². The lowest BCUT2D eigenvalue weighted by Crippen LogP contribution is -2.10. The summed E-state index contributed by atoms with van der Waals surface area (Å²) in [4.78, 5) is 2.37. The van der Waals surface area contributed by atoms with Crippen molar-refractivity contribution in [2.75, 3.05) is 4.90 Å². The summed E-state index contributed by atoms with van der Waals surface area (Å²) >= 11 is 0. The van der Waals surface area contributed by atoms with Crippen molar-refractivity contribution in [1.29, 1.82) is 0 Å². The monoisotopic (exact) mass is 753 g/mol. The van der Waals surface area contributed by atoms with Crippen LogP contribution < -0.4 is 4.90 Å². The molecule has 0 amide bonds. The van der Waals surface area contributed by atoms with Crippen molar-refractivity contribution in [3.05, 3.63) is 212 Å². The number of furan rings is 2. The van der Waals surface area contributed by atoms with Crippen LogP contribution in [0.4, 0.5) is 17.1 Å². The molecular formula is C56H35NO2. The maximum atomic E-state index is 6.70. The van der Waals surface area contributed by atoms with E-state index in [0.717, 1.165) is 88.4 Å². The number of benzene rings is 10. The summed E-state index contributed by atoms with van der Waals surface area (Å²) in [6, 6.07) is 75.8. The highest BCUT2D eigenvalue weighted by atomic mass is 16.3. The number of fused-ring (bicyclic) bond motifs is 9. The molecule has 276 valence electrons. The highest BCUT2D eigenvalue weighted by molar-refractivity contribution is 6.19. The fraction of sp³-hybridized carbons (Fsp3) is 0. The molecule has 2 heterocycles. The Hall–Kier alpha value is -7.88. The van der Waals surface area contributed by atoms with Crippen LogP contribution >= 0.6 is 0 Å². The normalized spacial score (nSPS) is 11.7. The van der Waals surface area contributed by atoms with Gasteiger partial charge < -0.3 is 13.7 Å². The Balaban J connectivity index is 1.01. The van der Waals surface area contributed by atoms with E-state index in [0.29, 0.717) is 0 Å². The molecule has 0 aliphatic heterocycles. The van der Waals surface area contributed by atoms with Gasteiger partial charge in [0, 0.05) is 32.9 Å². The molecule has 0 unspecified atom stereocenters. The van der Waals surface area contributed by atoms with Gasteiger partial charge in [-0.25, -0.2) is 0 Å². The van der Waals surface area contributed by atoms with Gasteiger partial charge in [-0.2, -0.15) is 0 Å². The van der Waals surface area contributed by atoms with Crippen molar-refractivity contribution in [1.82, 2.24) is 0 Å². The fourth-order valence-electron chi connectivity index (χ4n) is 9.03. The standard InChI is InChI=1S/C56H35NO2/c1-3-18-45-37(11-1)13-9-21-46(45)42-16-7-14-39(33-42)36-25-29-43(30-26-36)57(51-22-10-24-53-55(51)50-32-27-38-12-2-4-19-47(38)56(50)59-53)44-17-8-15-40(34-44)41-28-31-49-48-20-5-6-23-52(48)58-54(49)35-41/h1-35H. The molecule has 0 aliphatic carbocycles. The Morgan fingerprint density at radius 3 is 1.80 bits per heavy atom. The highest BCUT2D eigenvalue weighted by Crippen LogP contribution is 2.45. The summed E-state index contributed by atoms with van der Waals surface area (Å²) in [7, 11) is 0. The quantitative estimate of drug-likeness (QED) is 0.169. The molecule has 0 saturated heterocycles. The molecule has 10 aromatic carbocycles.